The summed E-state index contributed by atoms with van der Waals surface area (Å²) in [5.74, 6) is 0.0503. The van der Waals surface area contributed by atoms with Crippen LogP contribution in [0.2, 0.25) is 0 Å². The second-order valence-corrected chi connectivity index (χ2v) is 7.57. The second-order valence-electron chi connectivity index (χ2n) is 7.57. The molecule has 5 nitrogen and oxygen atoms in total. The van der Waals surface area contributed by atoms with Gasteiger partial charge in [0.1, 0.15) is 6.04 Å². The largest absolute Gasteiger partial charge is 0.350 e. The molecule has 0 radical (unpaired) electrons. The van der Waals surface area contributed by atoms with Crippen molar-refractivity contribution < 1.29 is 9.59 Å². The van der Waals surface area contributed by atoms with E-state index in [0.29, 0.717) is 19.5 Å². The standard InChI is InChI=1S/C17H33N3O2/c1-5-6-8-13(12-18)19-16(22)14-9-7-10-20(14)15(21)11-17(2,3)4/h13-14H,5-12,18H2,1-4H3,(H,19,22). The molecule has 1 fully saturated rings. The SMILES string of the molecule is CCCCC(CN)NC(=O)C1CCCN1C(=O)CC(C)(C)C. The van der Waals surface area contributed by atoms with Crippen LogP contribution in [0, 0.1) is 5.41 Å². The number of nitrogens with two attached hydrogens (primary N) is 1. The van der Waals surface area contributed by atoms with Gasteiger partial charge in [0.05, 0.1) is 0 Å². The van der Waals surface area contributed by atoms with Gasteiger partial charge in [-0.15, -0.1) is 0 Å². The lowest BCUT2D eigenvalue weighted by atomic mass is 9.91. The van der Waals surface area contributed by atoms with E-state index in [1.807, 2.05) is 20.8 Å². The molecular weight excluding hydrogens is 278 g/mol. The summed E-state index contributed by atoms with van der Waals surface area (Å²) in [4.78, 5) is 26.7. The maximum atomic E-state index is 12.5. The van der Waals surface area contributed by atoms with Crippen LogP contribution >= 0.6 is 0 Å². The van der Waals surface area contributed by atoms with E-state index in [1.54, 1.807) is 4.90 Å². The third kappa shape index (κ3) is 5.95. The summed E-state index contributed by atoms with van der Waals surface area (Å²) in [7, 11) is 0. The molecule has 3 N–H and O–H groups in total. The van der Waals surface area contributed by atoms with Crippen molar-refractivity contribution in [3.8, 4) is 0 Å². The van der Waals surface area contributed by atoms with E-state index in [1.165, 1.54) is 0 Å². The molecule has 0 saturated carbocycles. The Morgan fingerprint density at radius 2 is 2.05 bits per heavy atom. The first-order chi connectivity index (χ1) is 10.3. The minimum absolute atomic E-state index is 0.0209. The van der Waals surface area contributed by atoms with Gasteiger partial charge in [0, 0.05) is 25.6 Å². The fourth-order valence-corrected chi connectivity index (χ4v) is 2.89. The Hall–Kier alpha value is -1.10. The highest BCUT2D eigenvalue weighted by atomic mass is 16.2. The van der Waals surface area contributed by atoms with Gasteiger partial charge >= 0.3 is 0 Å². The molecule has 1 aliphatic rings. The first kappa shape index (κ1) is 18.9. The Kier molecular flexibility index (Phi) is 7.33. The molecular formula is C17H33N3O2. The lowest BCUT2D eigenvalue weighted by Crippen LogP contribution is -2.50. The fraction of sp³-hybridized carbons (Fsp3) is 0.882. The Labute approximate surface area is 135 Å². The molecule has 1 heterocycles. The number of likely N-dealkylation sites (tertiary alicyclic amines) is 1. The number of unbranched alkanes of at least 4 members (excludes halogenated alkanes) is 1. The molecule has 1 saturated heterocycles. The van der Waals surface area contributed by atoms with Crippen LogP contribution in [0.3, 0.4) is 0 Å². The fourth-order valence-electron chi connectivity index (χ4n) is 2.89. The number of amides is 2. The summed E-state index contributed by atoms with van der Waals surface area (Å²) in [6.07, 6.45) is 5.18. The highest BCUT2D eigenvalue weighted by Gasteiger charge is 2.35. The summed E-state index contributed by atoms with van der Waals surface area (Å²) >= 11 is 0. The predicted molar refractivity (Wildman–Crippen MR) is 89.3 cm³/mol. The lowest BCUT2D eigenvalue weighted by molar-refractivity contribution is -0.140. The molecule has 2 unspecified atom stereocenters. The van der Waals surface area contributed by atoms with Gasteiger partial charge < -0.3 is 16.0 Å². The summed E-state index contributed by atoms with van der Waals surface area (Å²) in [5.41, 5.74) is 5.69. The van der Waals surface area contributed by atoms with Gasteiger partial charge in [-0.2, -0.15) is 0 Å². The van der Waals surface area contributed by atoms with Crippen molar-refractivity contribution >= 4 is 11.8 Å². The van der Waals surface area contributed by atoms with E-state index < -0.39 is 0 Å². The maximum absolute atomic E-state index is 12.5. The zero-order chi connectivity index (χ0) is 16.8. The van der Waals surface area contributed by atoms with Crippen LogP contribution in [0.4, 0.5) is 0 Å². The van der Waals surface area contributed by atoms with E-state index in [-0.39, 0.29) is 29.3 Å². The quantitative estimate of drug-likeness (QED) is 0.755. The van der Waals surface area contributed by atoms with Gasteiger partial charge in [0.25, 0.3) is 0 Å². The Morgan fingerprint density at radius 3 is 2.59 bits per heavy atom. The van der Waals surface area contributed by atoms with Crippen LogP contribution < -0.4 is 11.1 Å². The van der Waals surface area contributed by atoms with Crippen molar-refractivity contribution in [2.75, 3.05) is 13.1 Å². The first-order valence-corrected chi connectivity index (χ1v) is 8.58. The van der Waals surface area contributed by atoms with Crippen molar-refractivity contribution in [2.45, 2.75) is 78.3 Å². The molecule has 0 aromatic rings. The second kappa shape index (κ2) is 8.51. The predicted octanol–water partition coefficient (Wildman–Crippen LogP) is 2.05. The van der Waals surface area contributed by atoms with Crippen LogP contribution in [0.25, 0.3) is 0 Å². The van der Waals surface area contributed by atoms with Gasteiger partial charge in [-0.25, -0.2) is 0 Å². The van der Waals surface area contributed by atoms with Gasteiger partial charge in [-0.05, 0) is 24.7 Å². The highest BCUT2D eigenvalue weighted by Crippen LogP contribution is 2.25. The van der Waals surface area contributed by atoms with E-state index >= 15 is 0 Å². The van der Waals surface area contributed by atoms with Crippen molar-refractivity contribution in [1.29, 1.82) is 0 Å². The molecule has 0 aromatic heterocycles. The van der Waals surface area contributed by atoms with E-state index in [9.17, 15) is 9.59 Å². The number of nitrogens with zero attached hydrogens (tertiary/aromatic N) is 1. The smallest absolute Gasteiger partial charge is 0.243 e. The van der Waals surface area contributed by atoms with Crippen LogP contribution in [-0.4, -0.2) is 41.9 Å². The number of carbonyl (C=O) groups excluding carboxylic acids is 2. The minimum Gasteiger partial charge on any atom is -0.350 e. The van der Waals surface area contributed by atoms with Crippen molar-refractivity contribution in [3.63, 3.8) is 0 Å². The Balaban J connectivity index is 2.61. The number of hydrogen-bond donors (Lipinski definition) is 2. The van der Waals surface area contributed by atoms with Crippen LogP contribution in [0.15, 0.2) is 0 Å². The molecule has 1 rings (SSSR count). The van der Waals surface area contributed by atoms with E-state index in [4.69, 9.17) is 5.73 Å². The van der Waals surface area contributed by atoms with Crippen molar-refractivity contribution in [1.82, 2.24) is 10.2 Å². The molecule has 5 heteroatoms. The molecule has 1 aliphatic heterocycles. The third-order valence-electron chi connectivity index (χ3n) is 4.09. The maximum Gasteiger partial charge on any atom is 0.243 e. The zero-order valence-corrected chi connectivity index (χ0v) is 14.7. The van der Waals surface area contributed by atoms with Gasteiger partial charge in [-0.1, -0.05) is 40.5 Å². The topological polar surface area (TPSA) is 75.4 Å². The van der Waals surface area contributed by atoms with E-state index in [2.05, 4.69) is 12.2 Å². The first-order valence-electron chi connectivity index (χ1n) is 8.58. The molecule has 0 spiro atoms. The van der Waals surface area contributed by atoms with Gasteiger partial charge in [-0.3, -0.25) is 9.59 Å². The molecule has 128 valence electrons. The molecule has 2 atom stereocenters. The van der Waals surface area contributed by atoms with Gasteiger partial charge in [0.2, 0.25) is 11.8 Å². The molecule has 0 bridgehead atoms. The van der Waals surface area contributed by atoms with Crippen molar-refractivity contribution in [3.05, 3.63) is 0 Å². The number of rotatable bonds is 7. The average Bonchev–Trinajstić information content (AvgIpc) is 2.90. The molecule has 0 aliphatic carbocycles. The minimum atomic E-state index is -0.314. The molecule has 22 heavy (non-hydrogen) atoms. The highest BCUT2D eigenvalue weighted by molar-refractivity contribution is 5.88. The zero-order valence-electron chi connectivity index (χ0n) is 14.7. The summed E-state index contributed by atoms with van der Waals surface area (Å²) in [6.45, 7) is 9.41. The lowest BCUT2D eigenvalue weighted by Gasteiger charge is -2.28. The normalized spacial score (nSPS) is 20.0. The summed E-state index contributed by atoms with van der Waals surface area (Å²) in [6, 6.07) is -0.293. The van der Waals surface area contributed by atoms with Gasteiger partial charge in [0.15, 0.2) is 0 Å². The number of nitrogens with one attached hydrogen (secondary N) is 1. The van der Waals surface area contributed by atoms with Crippen LogP contribution in [0.1, 0.15) is 66.2 Å². The molecule has 2 amide bonds. The number of hydrogen-bond acceptors (Lipinski definition) is 3. The summed E-state index contributed by atoms with van der Waals surface area (Å²) in [5, 5.41) is 3.03. The average molecular weight is 311 g/mol. The monoisotopic (exact) mass is 311 g/mol. The van der Waals surface area contributed by atoms with E-state index in [0.717, 1.165) is 32.1 Å². The Bertz CT molecular complexity index is 377. The molecule has 0 aromatic carbocycles. The van der Waals surface area contributed by atoms with Crippen LogP contribution in [0.5, 0.6) is 0 Å². The van der Waals surface area contributed by atoms with Crippen LogP contribution in [-0.2, 0) is 9.59 Å². The summed E-state index contributed by atoms with van der Waals surface area (Å²) < 4.78 is 0. The third-order valence-corrected chi connectivity index (χ3v) is 4.09. The van der Waals surface area contributed by atoms with Crippen molar-refractivity contribution in [2.24, 2.45) is 11.1 Å². The Morgan fingerprint density at radius 1 is 1.36 bits per heavy atom. The number of carbonyl (C=O) groups is 2.